The van der Waals surface area contributed by atoms with E-state index in [9.17, 15) is 9.18 Å². The van der Waals surface area contributed by atoms with Crippen molar-refractivity contribution < 1.29 is 18.7 Å². The van der Waals surface area contributed by atoms with Crippen LogP contribution < -0.4 is 10.6 Å². The van der Waals surface area contributed by atoms with E-state index in [1.165, 1.54) is 6.07 Å². The molecule has 0 saturated carbocycles. The topological polar surface area (TPSA) is 59.6 Å². The van der Waals surface area contributed by atoms with Crippen LogP contribution in [0, 0.1) is 12.7 Å². The van der Waals surface area contributed by atoms with E-state index in [1.54, 1.807) is 13.0 Å². The van der Waals surface area contributed by atoms with E-state index in [0.717, 1.165) is 5.56 Å². The fraction of sp³-hybridized carbons (Fsp3) is 0.562. The summed E-state index contributed by atoms with van der Waals surface area (Å²) in [5.41, 5.74) is 1.32. The van der Waals surface area contributed by atoms with Crippen LogP contribution in [0.3, 0.4) is 0 Å². The van der Waals surface area contributed by atoms with Gasteiger partial charge in [0, 0.05) is 13.0 Å². The summed E-state index contributed by atoms with van der Waals surface area (Å²) in [6, 6.07) is 4.39. The normalized spacial score (nSPS) is 18.0. The minimum atomic E-state index is -0.612. The lowest BCUT2D eigenvalue weighted by Gasteiger charge is -2.22. The molecule has 22 heavy (non-hydrogen) atoms. The van der Waals surface area contributed by atoms with Gasteiger partial charge in [0.05, 0.1) is 19.3 Å². The Morgan fingerprint density at radius 3 is 2.73 bits per heavy atom. The Kier molecular flexibility index (Phi) is 5.37. The van der Waals surface area contributed by atoms with Gasteiger partial charge < -0.3 is 20.1 Å². The first-order valence-electron chi connectivity index (χ1n) is 7.48. The Hall–Kier alpha value is -1.66. The molecule has 0 spiro atoms. The molecule has 0 aromatic heterocycles. The van der Waals surface area contributed by atoms with E-state index in [4.69, 9.17) is 9.47 Å². The molecule has 2 amide bonds. The van der Waals surface area contributed by atoms with Crippen molar-refractivity contribution >= 4 is 6.03 Å². The van der Waals surface area contributed by atoms with Crippen molar-refractivity contribution in [2.45, 2.75) is 39.0 Å². The van der Waals surface area contributed by atoms with Crippen LogP contribution in [0.1, 0.15) is 37.4 Å². The first-order chi connectivity index (χ1) is 10.4. The molecular weight excluding hydrogens is 287 g/mol. The van der Waals surface area contributed by atoms with E-state index in [1.807, 2.05) is 19.9 Å². The van der Waals surface area contributed by atoms with Crippen molar-refractivity contribution in [3.05, 3.63) is 35.1 Å². The smallest absolute Gasteiger partial charge is 0.315 e. The summed E-state index contributed by atoms with van der Waals surface area (Å²) in [6.45, 7) is 6.98. The Labute approximate surface area is 130 Å². The predicted octanol–water partition coefficient (Wildman–Crippen LogP) is 2.65. The molecule has 1 heterocycles. The van der Waals surface area contributed by atoms with Gasteiger partial charge in [0.2, 0.25) is 0 Å². The quantitative estimate of drug-likeness (QED) is 0.879. The molecular formula is C16H23FN2O3. The van der Waals surface area contributed by atoms with Crippen LogP contribution in [0.5, 0.6) is 0 Å². The zero-order valence-corrected chi connectivity index (χ0v) is 13.2. The zero-order chi connectivity index (χ0) is 16.2. The number of hydrogen-bond donors (Lipinski definition) is 2. The van der Waals surface area contributed by atoms with Gasteiger partial charge in [0.15, 0.2) is 5.79 Å². The number of urea groups is 1. The average Bonchev–Trinajstić information content (AvgIpc) is 2.88. The highest BCUT2D eigenvalue weighted by molar-refractivity contribution is 5.74. The van der Waals surface area contributed by atoms with Gasteiger partial charge >= 0.3 is 6.03 Å². The van der Waals surface area contributed by atoms with E-state index in [0.29, 0.717) is 31.7 Å². The van der Waals surface area contributed by atoms with Gasteiger partial charge in [-0.1, -0.05) is 12.1 Å². The van der Waals surface area contributed by atoms with Crippen LogP contribution in [0.15, 0.2) is 18.2 Å². The number of hydrogen-bond acceptors (Lipinski definition) is 3. The highest BCUT2D eigenvalue weighted by Crippen LogP contribution is 2.21. The summed E-state index contributed by atoms with van der Waals surface area (Å²) in [6.07, 6.45) is 0.577. The Balaban J connectivity index is 1.77. The second kappa shape index (κ2) is 7.07. The number of benzene rings is 1. The highest BCUT2D eigenvalue weighted by Gasteiger charge is 2.30. The Morgan fingerprint density at radius 1 is 1.41 bits per heavy atom. The molecule has 0 unspecified atom stereocenters. The molecule has 1 aliphatic heterocycles. The van der Waals surface area contributed by atoms with Crippen molar-refractivity contribution in [3.8, 4) is 0 Å². The maximum Gasteiger partial charge on any atom is 0.315 e. The number of nitrogens with one attached hydrogen (secondary N) is 2. The molecule has 0 bridgehead atoms. The van der Waals surface area contributed by atoms with Crippen molar-refractivity contribution in [2.75, 3.05) is 19.8 Å². The summed E-state index contributed by atoms with van der Waals surface area (Å²) in [5, 5.41) is 5.54. The molecule has 122 valence electrons. The monoisotopic (exact) mass is 310 g/mol. The van der Waals surface area contributed by atoms with Crippen molar-refractivity contribution in [3.63, 3.8) is 0 Å². The third kappa shape index (κ3) is 4.42. The van der Waals surface area contributed by atoms with E-state index < -0.39 is 5.79 Å². The molecule has 1 aromatic rings. The second-order valence-electron chi connectivity index (χ2n) is 5.71. The molecule has 0 radical (unpaired) electrons. The van der Waals surface area contributed by atoms with Gasteiger partial charge in [-0.25, -0.2) is 9.18 Å². The number of carbonyl (C=O) groups is 1. The van der Waals surface area contributed by atoms with E-state index in [2.05, 4.69) is 10.6 Å². The van der Waals surface area contributed by atoms with E-state index in [-0.39, 0.29) is 17.9 Å². The van der Waals surface area contributed by atoms with Crippen LogP contribution in [0.25, 0.3) is 0 Å². The van der Waals surface area contributed by atoms with Gasteiger partial charge in [0.25, 0.3) is 0 Å². The molecule has 1 fully saturated rings. The van der Waals surface area contributed by atoms with Crippen LogP contribution in [-0.2, 0) is 9.47 Å². The lowest BCUT2D eigenvalue weighted by atomic mass is 10.1. The third-order valence-electron chi connectivity index (χ3n) is 3.81. The van der Waals surface area contributed by atoms with Crippen LogP contribution in [0.2, 0.25) is 0 Å². The molecule has 1 aliphatic rings. The van der Waals surface area contributed by atoms with Gasteiger partial charge in [-0.05, 0) is 38.0 Å². The SMILES string of the molecule is Cc1ccc([C@H](C)NC(=O)NCCC2(C)OCCO2)cc1F. The van der Waals surface area contributed by atoms with E-state index >= 15 is 0 Å². The molecule has 1 atom stereocenters. The van der Waals surface area contributed by atoms with Crippen molar-refractivity contribution in [1.82, 2.24) is 10.6 Å². The van der Waals surface area contributed by atoms with Crippen LogP contribution in [-0.4, -0.2) is 31.6 Å². The highest BCUT2D eigenvalue weighted by atomic mass is 19.1. The molecule has 2 N–H and O–H groups in total. The molecule has 1 aromatic carbocycles. The molecule has 5 nitrogen and oxygen atoms in total. The molecule has 1 saturated heterocycles. The van der Waals surface area contributed by atoms with Crippen molar-refractivity contribution in [2.24, 2.45) is 0 Å². The third-order valence-corrected chi connectivity index (χ3v) is 3.81. The van der Waals surface area contributed by atoms with Gasteiger partial charge in [-0.3, -0.25) is 0 Å². The fourth-order valence-electron chi connectivity index (χ4n) is 2.31. The standard InChI is InChI=1S/C16H23FN2O3/c1-11-4-5-13(10-14(11)17)12(2)19-15(20)18-7-6-16(3)21-8-9-22-16/h4-5,10,12H,6-9H2,1-3H3,(H2,18,19,20)/t12-/m0/s1. The maximum atomic E-state index is 13.5. The minimum Gasteiger partial charge on any atom is -0.348 e. The Morgan fingerprint density at radius 2 is 2.09 bits per heavy atom. The maximum absolute atomic E-state index is 13.5. The zero-order valence-electron chi connectivity index (χ0n) is 13.2. The number of halogens is 1. The first kappa shape index (κ1) is 16.7. The number of ether oxygens (including phenoxy) is 2. The second-order valence-corrected chi connectivity index (χ2v) is 5.71. The van der Waals surface area contributed by atoms with Gasteiger partial charge in [-0.2, -0.15) is 0 Å². The largest absolute Gasteiger partial charge is 0.348 e. The average molecular weight is 310 g/mol. The summed E-state index contributed by atoms with van der Waals surface area (Å²) >= 11 is 0. The van der Waals surface area contributed by atoms with Gasteiger partial charge in [0.1, 0.15) is 5.82 Å². The lowest BCUT2D eigenvalue weighted by molar-refractivity contribution is -0.145. The summed E-state index contributed by atoms with van der Waals surface area (Å²) in [7, 11) is 0. The lowest BCUT2D eigenvalue weighted by Crippen LogP contribution is -2.40. The first-order valence-corrected chi connectivity index (χ1v) is 7.48. The van der Waals surface area contributed by atoms with Crippen LogP contribution >= 0.6 is 0 Å². The predicted molar refractivity (Wildman–Crippen MR) is 81.0 cm³/mol. The number of aryl methyl sites for hydroxylation is 1. The number of amides is 2. The summed E-state index contributed by atoms with van der Waals surface area (Å²) in [5.74, 6) is -0.881. The van der Waals surface area contributed by atoms with Gasteiger partial charge in [-0.15, -0.1) is 0 Å². The Bertz CT molecular complexity index is 530. The fourth-order valence-corrected chi connectivity index (χ4v) is 2.31. The number of rotatable bonds is 5. The summed E-state index contributed by atoms with van der Waals surface area (Å²) in [4.78, 5) is 11.9. The minimum absolute atomic E-state index is 0.269. The molecule has 2 rings (SSSR count). The molecule has 6 heteroatoms. The summed E-state index contributed by atoms with van der Waals surface area (Å²) < 4.78 is 24.5. The number of carbonyl (C=O) groups excluding carboxylic acids is 1. The molecule has 0 aliphatic carbocycles. The van der Waals surface area contributed by atoms with Crippen LogP contribution in [0.4, 0.5) is 9.18 Å². The van der Waals surface area contributed by atoms with Crippen molar-refractivity contribution in [1.29, 1.82) is 0 Å².